The number of halogens is 4. The van der Waals surface area contributed by atoms with Crippen molar-refractivity contribution in [1.82, 2.24) is 0 Å². The molecule has 1 unspecified atom stereocenters. The fraction of sp³-hybridized carbons (Fsp3) is 0.600. The van der Waals surface area contributed by atoms with Gasteiger partial charge in [0.25, 0.3) is 0 Å². The van der Waals surface area contributed by atoms with E-state index >= 15 is 0 Å². The molecule has 0 aromatic carbocycles. The van der Waals surface area contributed by atoms with Gasteiger partial charge in [-0.15, -0.1) is 0 Å². The van der Waals surface area contributed by atoms with Crippen molar-refractivity contribution in [3.8, 4) is 0 Å². The lowest BCUT2D eigenvalue weighted by molar-refractivity contribution is -0.159. The average Bonchev–Trinajstić information content (AvgIpc) is 2.62. The van der Waals surface area contributed by atoms with Gasteiger partial charge in [-0.1, -0.05) is 31.5 Å². The van der Waals surface area contributed by atoms with Gasteiger partial charge in [-0.2, -0.15) is 13.2 Å². The second kappa shape index (κ2) is 3.88. The Hall–Kier alpha value is -1.24. The molecule has 4 nitrogen and oxygen atoms in total. The molecule has 2 N–H and O–H groups in total. The topological polar surface area (TPSA) is 74.6 Å². The van der Waals surface area contributed by atoms with Crippen molar-refractivity contribution in [2.45, 2.75) is 20.0 Å². The Kier molecular flexibility index (Phi) is 3.19. The maximum atomic E-state index is 12.2. The van der Waals surface area contributed by atoms with Crippen LogP contribution in [0.4, 0.5) is 13.2 Å². The van der Waals surface area contributed by atoms with Gasteiger partial charge in [0.05, 0.1) is 0 Å². The van der Waals surface area contributed by atoms with Crippen molar-refractivity contribution in [3.05, 3.63) is 11.1 Å². The standard InChI is InChI=1S/C10H10ClF3O4/c1-8(2)4(3-5(11)10(12,13)14)9(8,6(15)16)7(17)18/h3-4H,1-2H3,(H,15,16)(H,17,18). The lowest BCUT2D eigenvalue weighted by atomic mass is 9.96. The van der Waals surface area contributed by atoms with Crippen LogP contribution in [0.25, 0.3) is 0 Å². The summed E-state index contributed by atoms with van der Waals surface area (Å²) in [5.74, 6) is -4.66. The molecule has 0 spiro atoms. The molecule has 0 aromatic heterocycles. The molecular formula is C10H10ClF3O4. The number of hydrogen-bond acceptors (Lipinski definition) is 2. The number of carboxylic acids is 2. The molecule has 0 radical (unpaired) electrons. The van der Waals surface area contributed by atoms with Gasteiger partial charge in [0, 0.05) is 11.3 Å². The zero-order valence-corrected chi connectivity index (χ0v) is 10.1. The van der Waals surface area contributed by atoms with E-state index in [1.807, 2.05) is 0 Å². The maximum Gasteiger partial charge on any atom is 0.426 e. The van der Waals surface area contributed by atoms with Crippen molar-refractivity contribution >= 4 is 23.5 Å². The van der Waals surface area contributed by atoms with Gasteiger partial charge in [-0.3, -0.25) is 9.59 Å². The number of hydrogen-bond donors (Lipinski definition) is 2. The molecule has 1 aliphatic rings. The number of alkyl halides is 3. The van der Waals surface area contributed by atoms with Crippen molar-refractivity contribution in [3.63, 3.8) is 0 Å². The molecule has 102 valence electrons. The van der Waals surface area contributed by atoms with Crippen LogP contribution < -0.4 is 0 Å². The molecule has 8 heteroatoms. The Morgan fingerprint density at radius 2 is 1.61 bits per heavy atom. The van der Waals surface area contributed by atoms with Gasteiger partial charge in [0.15, 0.2) is 5.41 Å². The third-order valence-electron chi connectivity index (χ3n) is 3.44. The molecule has 1 atom stereocenters. The summed E-state index contributed by atoms with van der Waals surface area (Å²) in [6.07, 6.45) is -4.35. The van der Waals surface area contributed by atoms with E-state index in [4.69, 9.17) is 21.8 Å². The van der Waals surface area contributed by atoms with E-state index < -0.39 is 39.9 Å². The Bertz CT molecular complexity index is 425. The molecule has 1 rings (SSSR count). The van der Waals surface area contributed by atoms with Crippen molar-refractivity contribution in [2.24, 2.45) is 16.7 Å². The quantitative estimate of drug-likeness (QED) is 0.782. The van der Waals surface area contributed by atoms with Gasteiger partial charge < -0.3 is 10.2 Å². The molecule has 0 aromatic rings. The van der Waals surface area contributed by atoms with Crippen molar-refractivity contribution in [1.29, 1.82) is 0 Å². The molecule has 18 heavy (non-hydrogen) atoms. The van der Waals surface area contributed by atoms with Crippen LogP contribution in [-0.4, -0.2) is 28.3 Å². The largest absolute Gasteiger partial charge is 0.480 e. The number of carboxylic acid groups (broad SMARTS) is 2. The van der Waals surface area contributed by atoms with E-state index in [1.165, 1.54) is 13.8 Å². The smallest absolute Gasteiger partial charge is 0.426 e. The SMILES string of the molecule is CC1(C)C(C=C(Cl)C(F)(F)F)C1(C(=O)O)C(=O)O. The van der Waals surface area contributed by atoms with Crippen molar-refractivity contribution < 1.29 is 33.0 Å². The summed E-state index contributed by atoms with van der Waals surface area (Å²) in [5.41, 5.74) is -3.60. The highest BCUT2D eigenvalue weighted by Crippen LogP contribution is 2.70. The van der Waals surface area contributed by atoms with E-state index in [-0.39, 0.29) is 0 Å². The van der Waals surface area contributed by atoms with Crippen LogP contribution in [0.5, 0.6) is 0 Å². The lowest BCUT2D eigenvalue weighted by Crippen LogP contribution is -2.30. The summed E-state index contributed by atoms with van der Waals surface area (Å²) in [7, 11) is 0. The highest BCUT2D eigenvalue weighted by molar-refractivity contribution is 6.30. The highest BCUT2D eigenvalue weighted by atomic mass is 35.5. The Morgan fingerprint density at radius 3 is 1.83 bits per heavy atom. The average molecular weight is 287 g/mol. The molecule has 0 saturated heterocycles. The van der Waals surface area contributed by atoms with E-state index in [9.17, 15) is 22.8 Å². The predicted octanol–water partition coefficient (Wildman–Crippen LogP) is 2.48. The summed E-state index contributed by atoms with van der Waals surface area (Å²) < 4.78 is 36.7. The van der Waals surface area contributed by atoms with Gasteiger partial charge in [-0.25, -0.2) is 0 Å². The Labute approximate surface area is 105 Å². The summed E-state index contributed by atoms with van der Waals surface area (Å²) in [6, 6.07) is 0. The van der Waals surface area contributed by atoms with Crippen LogP contribution >= 0.6 is 11.6 Å². The zero-order valence-electron chi connectivity index (χ0n) is 9.38. The zero-order chi connectivity index (χ0) is 14.5. The summed E-state index contributed by atoms with van der Waals surface area (Å²) in [6.45, 7) is 2.55. The first-order chi connectivity index (χ1) is 7.90. The fourth-order valence-electron chi connectivity index (χ4n) is 2.29. The number of aliphatic carboxylic acids is 2. The molecule has 0 amide bonds. The van der Waals surface area contributed by atoms with Gasteiger partial charge in [0.1, 0.15) is 5.03 Å². The maximum absolute atomic E-state index is 12.2. The van der Waals surface area contributed by atoms with E-state index in [0.717, 1.165) is 0 Å². The summed E-state index contributed by atoms with van der Waals surface area (Å²) in [5, 5.41) is 16.4. The van der Waals surface area contributed by atoms with Crippen LogP contribution in [0.3, 0.4) is 0 Å². The molecule has 0 bridgehead atoms. The van der Waals surface area contributed by atoms with Crippen molar-refractivity contribution in [2.75, 3.05) is 0 Å². The minimum Gasteiger partial charge on any atom is -0.480 e. The predicted molar refractivity (Wildman–Crippen MR) is 55.0 cm³/mol. The highest BCUT2D eigenvalue weighted by Gasteiger charge is 2.80. The third-order valence-corrected chi connectivity index (χ3v) is 3.78. The molecule has 1 aliphatic carbocycles. The molecular weight excluding hydrogens is 277 g/mol. The minimum absolute atomic E-state index is 0.462. The summed E-state index contributed by atoms with van der Waals surface area (Å²) >= 11 is 5.01. The molecule has 1 fully saturated rings. The molecule has 1 saturated carbocycles. The summed E-state index contributed by atoms with van der Waals surface area (Å²) in [4.78, 5) is 22.1. The molecule has 0 aliphatic heterocycles. The Morgan fingerprint density at radius 1 is 1.22 bits per heavy atom. The number of rotatable bonds is 3. The van der Waals surface area contributed by atoms with Crippen LogP contribution in [0.2, 0.25) is 0 Å². The van der Waals surface area contributed by atoms with Crippen LogP contribution in [-0.2, 0) is 9.59 Å². The van der Waals surface area contributed by atoms with Crippen LogP contribution in [0.1, 0.15) is 13.8 Å². The first-order valence-corrected chi connectivity index (χ1v) is 5.19. The van der Waals surface area contributed by atoms with Gasteiger partial charge in [0.2, 0.25) is 0 Å². The second-order valence-electron chi connectivity index (χ2n) is 4.63. The van der Waals surface area contributed by atoms with E-state index in [0.29, 0.717) is 6.08 Å². The van der Waals surface area contributed by atoms with Gasteiger partial charge in [-0.05, 0) is 0 Å². The number of allylic oxidation sites excluding steroid dienone is 2. The fourth-order valence-corrected chi connectivity index (χ4v) is 2.41. The van der Waals surface area contributed by atoms with E-state index in [2.05, 4.69) is 0 Å². The third kappa shape index (κ3) is 1.77. The first-order valence-electron chi connectivity index (χ1n) is 4.81. The monoisotopic (exact) mass is 286 g/mol. The second-order valence-corrected chi connectivity index (χ2v) is 5.04. The normalized spacial score (nSPS) is 25.7. The van der Waals surface area contributed by atoms with Crippen LogP contribution in [0.15, 0.2) is 11.1 Å². The minimum atomic E-state index is -4.82. The van der Waals surface area contributed by atoms with E-state index in [1.54, 1.807) is 0 Å². The van der Waals surface area contributed by atoms with Crippen LogP contribution in [0, 0.1) is 16.7 Å². The van der Waals surface area contributed by atoms with Gasteiger partial charge >= 0.3 is 18.1 Å². The Balaban J connectivity index is 3.22. The lowest BCUT2D eigenvalue weighted by Gasteiger charge is -2.08. The molecule has 0 heterocycles. The number of carbonyl (C=O) groups is 2. The first kappa shape index (κ1) is 14.8.